The summed E-state index contributed by atoms with van der Waals surface area (Å²) in [7, 11) is 0.835. The zero-order chi connectivity index (χ0) is 34.9. The van der Waals surface area contributed by atoms with Crippen molar-refractivity contribution in [3.63, 3.8) is 0 Å². The van der Waals surface area contributed by atoms with Crippen LogP contribution in [0.2, 0.25) is 0 Å². The molecule has 0 saturated carbocycles. The highest BCUT2D eigenvalue weighted by atomic mass is 32.2. The normalized spacial score (nSPS) is 29.4. The first kappa shape index (κ1) is 7.21. The van der Waals surface area contributed by atoms with Crippen LogP contribution >= 0.6 is 12.1 Å². The van der Waals surface area contributed by atoms with Gasteiger partial charge in [-0.25, -0.2) is 13.4 Å². The molecular formula is C20H32N2O3S. The second-order valence-electron chi connectivity index (χ2n) is 5.75. The second kappa shape index (κ2) is 9.51. The summed E-state index contributed by atoms with van der Waals surface area (Å²) in [6.45, 7) is -12.7. The summed E-state index contributed by atoms with van der Waals surface area (Å²) in [5, 5.41) is 0. The number of carbonyl (C=O) groups excluding carboxylic acids is 1. The van der Waals surface area contributed by atoms with Crippen molar-refractivity contribution in [1.29, 1.82) is 0 Å². The highest BCUT2D eigenvalue weighted by Gasteiger charge is 2.33. The molecule has 2 rings (SSSR count). The SMILES string of the molecule is [2H]C([2H])([2H])C([2H])([2H])C([2H])([2H])C([2H])([2H])N(SN(C)C(=O)Oc1cccc2c1OC(C)(C)C2)C([2H])([2H])C([2H])([2H])C([2H])([2H])C([2H])([2H])[2H]. The molecule has 0 radical (unpaired) electrons. The van der Waals surface area contributed by atoms with Gasteiger partial charge in [0.15, 0.2) is 11.5 Å². The van der Waals surface area contributed by atoms with E-state index in [2.05, 4.69) is 0 Å². The van der Waals surface area contributed by atoms with Crippen LogP contribution in [-0.4, -0.2) is 40.3 Å². The quantitative estimate of drug-likeness (QED) is 0.528. The standard InChI is InChI=1S/C20H32N2O3S/c1-6-8-13-22(14-9-7-2)26-21(5)19(23)24-17-12-10-11-16-15-20(3,4)25-18(16)17/h10-12H,6-9,13-15H2,1-5H3/i1D3,2D3,6D2,7D2,8D2,9D2,13D2,14D2. The van der Waals surface area contributed by atoms with Crippen molar-refractivity contribution in [2.24, 2.45) is 0 Å². The van der Waals surface area contributed by atoms with E-state index in [0.29, 0.717) is 16.3 Å². The maximum Gasteiger partial charge on any atom is 0.426 e. The van der Waals surface area contributed by atoms with Gasteiger partial charge in [0.1, 0.15) is 5.60 Å². The molecule has 0 saturated heterocycles. The minimum atomic E-state index is -4.25. The smallest absolute Gasteiger partial charge is 0.426 e. The summed E-state index contributed by atoms with van der Waals surface area (Å²) in [6, 6.07) is 4.56. The first-order valence-corrected chi connectivity index (χ1v) is 8.19. The van der Waals surface area contributed by atoms with Gasteiger partial charge in [0.25, 0.3) is 0 Å². The largest absolute Gasteiger partial charge is 0.483 e. The number of carbonyl (C=O) groups is 1. The van der Waals surface area contributed by atoms with Crippen LogP contribution in [0.1, 0.15) is 83.3 Å². The first-order valence-electron chi connectivity index (χ1n) is 16.5. The van der Waals surface area contributed by atoms with Gasteiger partial charge in [-0.1, -0.05) is 38.6 Å². The first-order chi connectivity index (χ1) is 19.2. The van der Waals surface area contributed by atoms with Gasteiger partial charge in [0.05, 0.1) is 0 Å². The van der Waals surface area contributed by atoms with Crippen LogP contribution in [0.5, 0.6) is 11.5 Å². The molecule has 0 spiro atoms. The Morgan fingerprint density at radius 1 is 1.35 bits per heavy atom. The van der Waals surface area contributed by atoms with Crippen molar-refractivity contribution in [2.45, 2.75) is 65.1 Å². The molecule has 0 unspecified atom stereocenters. The summed E-state index contributed by atoms with van der Waals surface area (Å²) in [5.74, 6) is 0.0439. The maximum atomic E-state index is 13.1. The molecule has 0 aliphatic carbocycles. The van der Waals surface area contributed by atoms with Gasteiger partial charge in [-0.05, 0) is 32.7 Å². The van der Waals surface area contributed by atoms with Crippen molar-refractivity contribution in [2.75, 3.05) is 20.0 Å². The molecule has 1 aromatic rings. The minimum Gasteiger partial charge on any atom is -0.483 e. The zero-order valence-corrected chi connectivity index (χ0v) is 15.3. The highest BCUT2D eigenvalue weighted by molar-refractivity contribution is 7.95. The number of hydrogen-bond acceptors (Lipinski definition) is 5. The van der Waals surface area contributed by atoms with E-state index in [0.717, 1.165) is 7.05 Å². The number of ether oxygens (including phenoxy) is 2. The van der Waals surface area contributed by atoms with Gasteiger partial charge in [-0.2, -0.15) is 0 Å². The van der Waals surface area contributed by atoms with E-state index in [9.17, 15) is 4.79 Å². The fourth-order valence-corrected chi connectivity index (χ4v) is 2.73. The van der Waals surface area contributed by atoms with E-state index >= 15 is 0 Å². The van der Waals surface area contributed by atoms with Gasteiger partial charge in [-0.15, -0.1) is 0 Å². The number of fused-ring (bicyclic) bond motifs is 1. The fraction of sp³-hybridized carbons (Fsp3) is 0.650. The van der Waals surface area contributed by atoms with Crippen LogP contribution in [0.3, 0.4) is 0 Å². The Balaban J connectivity index is 2.67. The van der Waals surface area contributed by atoms with Crippen molar-refractivity contribution in [1.82, 2.24) is 8.61 Å². The van der Waals surface area contributed by atoms with Gasteiger partial charge >= 0.3 is 6.09 Å². The van der Waals surface area contributed by atoms with E-state index < -0.39 is 80.3 Å². The number of nitrogens with zero attached hydrogens (tertiary/aromatic N) is 2. The molecule has 1 heterocycles. The van der Waals surface area contributed by atoms with Crippen LogP contribution in [0.25, 0.3) is 0 Å². The van der Waals surface area contributed by atoms with Gasteiger partial charge in [0.2, 0.25) is 0 Å². The van der Waals surface area contributed by atoms with Crippen molar-refractivity contribution >= 4 is 18.2 Å². The molecule has 0 aromatic heterocycles. The second-order valence-corrected chi connectivity index (χ2v) is 6.82. The van der Waals surface area contributed by atoms with E-state index in [4.69, 9.17) is 34.1 Å². The van der Waals surface area contributed by atoms with Crippen LogP contribution in [-0.2, 0) is 6.42 Å². The molecule has 0 N–H and O–H groups in total. The fourth-order valence-electron chi connectivity index (χ4n) is 2.21. The number of benzene rings is 1. The molecule has 1 aliphatic rings. The molecule has 1 aliphatic heterocycles. The molecule has 146 valence electrons. The lowest BCUT2D eigenvalue weighted by Gasteiger charge is -2.25. The molecule has 26 heavy (non-hydrogen) atoms. The lowest BCUT2D eigenvalue weighted by atomic mass is 10.0. The van der Waals surface area contributed by atoms with E-state index in [1.807, 2.05) is 0 Å². The Labute approximate surface area is 187 Å². The lowest BCUT2D eigenvalue weighted by molar-refractivity contribution is 0.131. The molecular weight excluding hydrogens is 348 g/mol. The van der Waals surface area contributed by atoms with Crippen molar-refractivity contribution < 1.29 is 38.9 Å². The number of hydrogen-bond donors (Lipinski definition) is 0. The van der Waals surface area contributed by atoms with Crippen LogP contribution in [0.15, 0.2) is 18.2 Å². The maximum absolute atomic E-state index is 13.1. The Kier molecular flexibility index (Phi) is 2.64. The summed E-state index contributed by atoms with van der Waals surface area (Å²) in [4.78, 5) is 13.1. The molecule has 5 nitrogen and oxygen atoms in total. The third-order valence-corrected chi connectivity index (χ3v) is 3.89. The van der Waals surface area contributed by atoms with Crippen molar-refractivity contribution in [3.8, 4) is 11.5 Å². The summed E-state index contributed by atoms with van der Waals surface area (Å²) in [5.41, 5.74) is -0.0140. The van der Waals surface area contributed by atoms with E-state index in [1.165, 1.54) is 12.1 Å². The number of para-hydroxylation sites is 1. The highest BCUT2D eigenvalue weighted by Crippen LogP contribution is 2.42. The summed E-state index contributed by atoms with van der Waals surface area (Å²) in [6.07, 6.45) is -17.7. The molecule has 0 atom stereocenters. The average molecular weight is 399 g/mol. The molecule has 6 heteroatoms. The summed E-state index contributed by atoms with van der Waals surface area (Å²) >= 11 is -0.453. The van der Waals surface area contributed by atoms with Crippen molar-refractivity contribution in [3.05, 3.63) is 23.8 Å². The van der Waals surface area contributed by atoms with Gasteiger partial charge in [0, 0.05) is 68.8 Å². The monoisotopic (exact) mass is 398 g/mol. The predicted octanol–water partition coefficient (Wildman–Crippen LogP) is 5.30. The Morgan fingerprint density at radius 3 is 2.69 bits per heavy atom. The van der Waals surface area contributed by atoms with Crippen LogP contribution in [0.4, 0.5) is 4.79 Å². The third-order valence-electron chi connectivity index (χ3n) is 3.15. The Hall–Kier alpha value is -1.40. The van der Waals surface area contributed by atoms with Crippen LogP contribution < -0.4 is 9.47 Å². The number of rotatable bonds is 9. The molecule has 1 amide bonds. The summed E-state index contributed by atoms with van der Waals surface area (Å²) < 4.78 is 154. The number of amides is 1. The predicted molar refractivity (Wildman–Crippen MR) is 108 cm³/mol. The Morgan fingerprint density at radius 2 is 2.04 bits per heavy atom. The average Bonchev–Trinajstić information content (AvgIpc) is 3.14. The third kappa shape index (κ3) is 5.81. The minimum absolute atomic E-state index is 0.133. The lowest BCUT2D eigenvalue weighted by Crippen LogP contribution is -2.30. The van der Waals surface area contributed by atoms with Crippen LogP contribution in [0, 0.1) is 0 Å². The molecule has 0 bridgehead atoms. The Bertz CT molecular complexity index is 1200. The topological polar surface area (TPSA) is 42.0 Å². The van der Waals surface area contributed by atoms with Gasteiger partial charge < -0.3 is 9.47 Å². The zero-order valence-electron chi connectivity index (χ0n) is 32.5. The molecule has 1 aromatic carbocycles. The van der Waals surface area contributed by atoms with E-state index in [1.54, 1.807) is 19.9 Å². The van der Waals surface area contributed by atoms with E-state index in [-0.39, 0.29) is 11.5 Å². The molecule has 0 fully saturated rings. The van der Waals surface area contributed by atoms with Gasteiger partial charge in [-0.3, -0.25) is 0 Å².